The molecule has 0 unspecified atom stereocenters. The molecule has 0 bridgehead atoms. The number of pyridine rings is 1. The highest BCUT2D eigenvalue weighted by Gasteiger charge is 2.15. The molecule has 2 heterocycles. The Balaban J connectivity index is 2.00. The lowest BCUT2D eigenvalue weighted by Gasteiger charge is -2.14. The quantitative estimate of drug-likeness (QED) is 0.401. The molecule has 5 aromatic rings. The minimum Gasteiger partial charge on any atom is -0.493 e. The number of ether oxygens (including phenoxy) is 2. The number of hydrogen-bond donors (Lipinski definition) is 0. The van der Waals surface area contributed by atoms with Crippen molar-refractivity contribution in [3.05, 3.63) is 79.0 Å². The summed E-state index contributed by atoms with van der Waals surface area (Å²) in [5.74, 6) is 1.48. The van der Waals surface area contributed by atoms with Crippen molar-refractivity contribution in [3.8, 4) is 22.6 Å². The van der Waals surface area contributed by atoms with Crippen molar-refractivity contribution in [1.82, 2.24) is 4.40 Å². The monoisotopic (exact) mass is 353 g/mol. The van der Waals surface area contributed by atoms with Crippen LogP contribution in [0.5, 0.6) is 11.5 Å². The molecule has 0 aliphatic carbocycles. The second kappa shape index (κ2) is 6.06. The molecule has 0 fully saturated rings. The van der Waals surface area contributed by atoms with Crippen molar-refractivity contribution >= 4 is 27.2 Å². The fourth-order valence-electron chi connectivity index (χ4n) is 3.88. The maximum Gasteiger partial charge on any atom is 0.161 e. The fourth-order valence-corrected chi connectivity index (χ4v) is 3.88. The predicted octanol–water partition coefficient (Wildman–Crippen LogP) is 5.93. The van der Waals surface area contributed by atoms with Gasteiger partial charge in [-0.15, -0.1) is 0 Å². The second-order valence-electron chi connectivity index (χ2n) is 6.62. The van der Waals surface area contributed by atoms with Gasteiger partial charge in [0.1, 0.15) is 0 Å². The van der Waals surface area contributed by atoms with Gasteiger partial charge in [0.05, 0.1) is 25.3 Å². The Morgan fingerprint density at radius 2 is 1.33 bits per heavy atom. The molecular formula is C24H19NO2. The smallest absolute Gasteiger partial charge is 0.161 e. The van der Waals surface area contributed by atoms with Crippen LogP contribution in [0.3, 0.4) is 0 Å². The molecule has 0 atom stereocenters. The fraction of sp³-hybridized carbons (Fsp3) is 0.0833. The molecule has 0 N–H and O–H groups in total. The number of benzene rings is 3. The summed E-state index contributed by atoms with van der Waals surface area (Å²) >= 11 is 0. The van der Waals surface area contributed by atoms with E-state index in [-0.39, 0.29) is 0 Å². The highest BCUT2D eigenvalue weighted by atomic mass is 16.5. The molecule has 0 radical (unpaired) electrons. The van der Waals surface area contributed by atoms with E-state index >= 15 is 0 Å². The Hall–Kier alpha value is -3.46. The Kier molecular flexibility index (Phi) is 3.54. The van der Waals surface area contributed by atoms with E-state index in [1.807, 2.05) is 6.07 Å². The van der Waals surface area contributed by atoms with E-state index in [1.54, 1.807) is 14.2 Å². The van der Waals surface area contributed by atoms with Crippen molar-refractivity contribution in [2.75, 3.05) is 14.2 Å². The number of hydrogen-bond acceptors (Lipinski definition) is 2. The molecule has 5 rings (SSSR count). The van der Waals surface area contributed by atoms with E-state index in [9.17, 15) is 0 Å². The second-order valence-corrected chi connectivity index (χ2v) is 6.62. The molecule has 3 heteroatoms. The Bertz CT molecular complexity index is 1290. The molecule has 0 spiro atoms. The summed E-state index contributed by atoms with van der Waals surface area (Å²) in [7, 11) is 3.35. The van der Waals surface area contributed by atoms with Crippen LogP contribution in [0.15, 0.2) is 79.0 Å². The lowest BCUT2D eigenvalue weighted by atomic mass is 9.99. The zero-order chi connectivity index (χ0) is 18.4. The van der Waals surface area contributed by atoms with Gasteiger partial charge in [0.2, 0.25) is 0 Å². The normalized spacial score (nSPS) is 11.3. The van der Waals surface area contributed by atoms with Gasteiger partial charge in [-0.3, -0.25) is 0 Å². The minimum absolute atomic E-state index is 0.738. The van der Waals surface area contributed by atoms with Crippen LogP contribution in [-0.4, -0.2) is 18.6 Å². The zero-order valence-electron chi connectivity index (χ0n) is 15.3. The summed E-state index contributed by atoms with van der Waals surface area (Å²) in [6.07, 6.45) is 2.22. The van der Waals surface area contributed by atoms with E-state index in [2.05, 4.69) is 77.3 Å². The molecule has 3 nitrogen and oxygen atoms in total. The van der Waals surface area contributed by atoms with Gasteiger partial charge in [-0.1, -0.05) is 48.5 Å². The van der Waals surface area contributed by atoms with Crippen molar-refractivity contribution < 1.29 is 9.47 Å². The average molecular weight is 353 g/mol. The lowest BCUT2D eigenvalue weighted by molar-refractivity contribution is 0.356. The third-order valence-corrected chi connectivity index (χ3v) is 5.18. The first kappa shape index (κ1) is 15.8. The number of methoxy groups -OCH3 is 2. The summed E-state index contributed by atoms with van der Waals surface area (Å²) in [5.41, 5.74) is 4.70. The number of para-hydroxylation sites is 1. The van der Waals surface area contributed by atoms with E-state index in [4.69, 9.17) is 9.47 Å². The lowest BCUT2D eigenvalue weighted by Crippen LogP contribution is -1.94. The highest BCUT2D eigenvalue weighted by molar-refractivity contribution is 6.09. The Morgan fingerprint density at radius 1 is 0.667 bits per heavy atom. The molecule has 3 aromatic carbocycles. The Morgan fingerprint density at radius 3 is 2.07 bits per heavy atom. The van der Waals surface area contributed by atoms with Gasteiger partial charge in [-0.05, 0) is 35.2 Å². The third-order valence-electron chi connectivity index (χ3n) is 5.18. The molecule has 132 valence electrons. The summed E-state index contributed by atoms with van der Waals surface area (Å²) in [5, 5.41) is 3.51. The first-order valence-corrected chi connectivity index (χ1v) is 8.94. The van der Waals surface area contributed by atoms with Crippen LogP contribution < -0.4 is 9.47 Å². The van der Waals surface area contributed by atoms with Crippen LogP contribution in [0.1, 0.15) is 0 Å². The van der Waals surface area contributed by atoms with Gasteiger partial charge in [-0.25, -0.2) is 0 Å². The van der Waals surface area contributed by atoms with E-state index in [1.165, 1.54) is 22.0 Å². The molecule has 0 amide bonds. The maximum absolute atomic E-state index is 5.58. The zero-order valence-corrected chi connectivity index (χ0v) is 15.3. The molecule has 0 saturated carbocycles. The summed E-state index contributed by atoms with van der Waals surface area (Å²) < 4.78 is 13.4. The largest absolute Gasteiger partial charge is 0.493 e. The average Bonchev–Trinajstić information content (AvgIpc) is 3.11. The number of aromatic nitrogens is 1. The van der Waals surface area contributed by atoms with E-state index in [0.29, 0.717) is 0 Å². The van der Waals surface area contributed by atoms with Crippen molar-refractivity contribution in [2.45, 2.75) is 0 Å². The van der Waals surface area contributed by atoms with Crippen LogP contribution >= 0.6 is 0 Å². The van der Waals surface area contributed by atoms with Crippen LogP contribution in [0, 0.1) is 0 Å². The SMILES string of the molecule is COc1cc2c(-c3ccccc3)cn3c4ccccc4cc3c2cc1OC. The first-order valence-electron chi connectivity index (χ1n) is 8.94. The van der Waals surface area contributed by atoms with Gasteiger partial charge in [0.15, 0.2) is 11.5 Å². The third kappa shape index (κ3) is 2.36. The maximum atomic E-state index is 5.58. The van der Waals surface area contributed by atoms with Crippen molar-refractivity contribution in [3.63, 3.8) is 0 Å². The number of fused-ring (bicyclic) bond motifs is 5. The minimum atomic E-state index is 0.738. The van der Waals surface area contributed by atoms with Gasteiger partial charge in [0.25, 0.3) is 0 Å². The van der Waals surface area contributed by atoms with Crippen LogP contribution in [0.25, 0.3) is 38.3 Å². The number of nitrogens with zero attached hydrogens (tertiary/aromatic N) is 1. The summed E-state index contributed by atoms with van der Waals surface area (Å²) in [4.78, 5) is 0. The molecule has 2 aromatic heterocycles. The van der Waals surface area contributed by atoms with Gasteiger partial charge < -0.3 is 13.9 Å². The molecule has 0 saturated heterocycles. The standard InChI is InChI=1S/C24H19NO2/c1-26-23-13-18-19(14-24(23)27-2)22-12-17-10-6-7-11-21(17)25(22)15-20(18)16-8-4-3-5-9-16/h3-15H,1-2H3. The van der Waals surface area contributed by atoms with Gasteiger partial charge in [0, 0.05) is 22.5 Å². The topological polar surface area (TPSA) is 22.9 Å². The molecule has 0 aliphatic heterocycles. The van der Waals surface area contributed by atoms with Crippen LogP contribution in [0.4, 0.5) is 0 Å². The molecule has 0 aliphatic rings. The first-order chi connectivity index (χ1) is 13.3. The van der Waals surface area contributed by atoms with Crippen molar-refractivity contribution in [2.24, 2.45) is 0 Å². The Labute approximate surface area is 157 Å². The van der Waals surface area contributed by atoms with E-state index < -0.39 is 0 Å². The summed E-state index contributed by atoms with van der Waals surface area (Å²) in [6, 6.07) is 25.3. The van der Waals surface area contributed by atoms with Gasteiger partial charge >= 0.3 is 0 Å². The van der Waals surface area contributed by atoms with Crippen LogP contribution in [-0.2, 0) is 0 Å². The van der Waals surface area contributed by atoms with Crippen LogP contribution in [0.2, 0.25) is 0 Å². The van der Waals surface area contributed by atoms with E-state index in [0.717, 1.165) is 27.8 Å². The highest BCUT2D eigenvalue weighted by Crippen LogP contribution is 2.40. The molecular weight excluding hydrogens is 334 g/mol. The number of rotatable bonds is 3. The van der Waals surface area contributed by atoms with Crippen molar-refractivity contribution in [1.29, 1.82) is 0 Å². The van der Waals surface area contributed by atoms with Gasteiger partial charge in [-0.2, -0.15) is 0 Å². The predicted molar refractivity (Wildman–Crippen MR) is 111 cm³/mol. The summed E-state index contributed by atoms with van der Waals surface area (Å²) in [6.45, 7) is 0. The molecule has 27 heavy (non-hydrogen) atoms.